The molecule has 0 spiro atoms. The standard InChI is InChI=1S/C18H18O4/c1-21-15-9-12-8-14(17(19)11-6-4-3-5-7-11)18(20)13(12)10-16(15)22-2/h3-8,10,12,15-16H,9H2,1-2H3. The fourth-order valence-corrected chi connectivity index (χ4v) is 3.13. The highest BCUT2D eigenvalue weighted by atomic mass is 16.5. The van der Waals surface area contributed by atoms with Gasteiger partial charge in [-0.2, -0.15) is 0 Å². The molecule has 3 atom stereocenters. The zero-order chi connectivity index (χ0) is 15.7. The first kappa shape index (κ1) is 14.9. The molecule has 0 heterocycles. The number of ether oxygens (including phenoxy) is 2. The predicted molar refractivity (Wildman–Crippen MR) is 81.6 cm³/mol. The Bertz CT molecular complexity index is 657. The molecule has 1 aromatic rings. The lowest BCUT2D eigenvalue weighted by Crippen LogP contribution is -2.35. The zero-order valence-corrected chi connectivity index (χ0v) is 12.6. The van der Waals surface area contributed by atoms with Crippen molar-refractivity contribution in [2.45, 2.75) is 18.6 Å². The fourth-order valence-electron chi connectivity index (χ4n) is 3.13. The highest BCUT2D eigenvalue weighted by Crippen LogP contribution is 2.37. The number of methoxy groups -OCH3 is 2. The van der Waals surface area contributed by atoms with Crippen molar-refractivity contribution < 1.29 is 19.1 Å². The molecule has 4 heteroatoms. The van der Waals surface area contributed by atoms with E-state index in [9.17, 15) is 9.59 Å². The van der Waals surface area contributed by atoms with Crippen molar-refractivity contribution in [1.29, 1.82) is 0 Å². The number of ketones is 2. The molecular formula is C18H18O4. The van der Waals surface area contributed by atoms with Crippen molar-refractivity contribution in [1.82, 2.24) is 0 Å². The number of rotatable bonds is 4. The van der Waals surface area contributed by atoms with E-state index in [0.717, 1.165) is 0 Å². The van der Waals surface area contributed by atoms with Crippen LogP contribution in [0, 0.1) is 5.92 Å². The maximum absolute atomic E-state index is 12.6. The zero-order valence-electron chi connectivity index (χ0n) is 12.6. The van der Waals surface area contributed by atoms with Gasteiger partial charge < -0.3 is 9.47 Å². The van der Waals surface area contributed by atoms with Gasteiger partial charge in [0.05, 0.1) is 11.7 Å². The minimum Gasteiger partial charge on any atom is -0.378 e. The molecule has 3 unspecified atom stereocenters. The second-order valence-corrected chi connectivity index (χ2v) is 5.54. The second kappa shape index (κ2) is 5.99. The van der Waals surface area contributed by atoms with Gasteiger partial charge in [0.1, 0.15) is 6.10 Å². The second-order valence-electron chi connectivity index (χ2n) is 5.54. The maximum Gasteiger partial charge on any atom is 0.196 e. The molecule has 22 heavy (non-hydrogen) atoms. The molecule has 0 aliphatic heterocycles. The summed E-state index contributed by atoms with van der Waals surface area (Å²) in [7, 11) is 3.23. The number of fused-ring (bicyclic) bond motifs is 1. The van der Waals surface area contributed by atoms with Crippen LogP contribution in [-0.4, -0.2) is 38.0 Å². The third kappa shape index (κ3) is 2.45. The molecule has 114 valence electrons. The van der Waals surface area contributed by atoms with E-state index in [1.165, 1.54) is 0 Å². The Balaban J connectivity index is 1.91. The van der Waals surface area contributed by atoms with Gasteiger partial charge in [-0.05, 0) is 12.5 Å². The normalized spacial score (nSPS) is 27.2. The van der Waals surface area contributed by atoms with Crippen LogP contribution in [0.15, 0.2) is 53.6 Å². The summed E-state index contributed by atoms with van der Waals surface area (Å²) < 4.78 is 10.8. The van der Waals surface area contributed by atoms with E-state index in [4.69, 9.17) is 9.47 Å². The Morgan fingerprint density at radius 1 is 1.09 bits per heavy atom. The average molecular weight is 298 g/mol. The van der Waals surface area contributed by atoms with E-state index in [2.05, 4.69) is 0 Å². The Labute approximate surface area is 129 Å². The van der Waals surface area contributed by atoms with Crippen molar-refractivity contribution in [3.8, 4) is 0 Å². The molecule has 0 aromatic heterocycles. The Kier molecular flexibility index (Phi) is 4.05. The molecule has 1 aromatic carbocycles. The SMILES string of the molecule is COC1C=C2C(=O)C(C(=O)c3ccccc3)=CC2CC1OC. The van der Waals surface area contributed by atoms with E-state index in [1.54, 1.807) is 50.6 Å². The summed E-state index contributed by atoms with van der Waals surface area (Å²) in [6.45, 7) is 0. The van der Waals surface area contributed by atoms with Crippen molar-refractivity contribution >= 4 is 11.6 Å². The van der Waals surface area contributed by atoms with Crippen LogP contribution in [0.3, 0.4) is 0 Å². The van der Waals surface area contributed by atoms with Gasteiger partial charge >= 0.3 is 0 Å². The summed E-state index contributed by atoms with van der Waals surface area (Å²) in [5.41, 5.74) is 1.45. The number of hydrogen-bond acceptors (Lipinski definition) is 4. The topological polar surface area (TPSA) is 52.6 Å². The Morgan fingerprint density at radius 2 is 1.82 bits per heavy atom. The number of carbonyl (C=O) groups is 2. The fraction of sp³-hybridized carbons (Fsp3) is 0.333. The van der Waals surface area contributed by atoms with Gasteiger partial charge in [0.2, 0.25) is 0 Å². The van der Waals surface area contributed by atoms with Crippen molar-refractivity contribution in [2.75, 3.05) is 14.2 Å². The van der Waals surface area contributed by atoms with Crippen molar-refractivity contribution in [2.24, 2.45) is 5.92 Å². The summed E-state index contributed by atoms with van der Waals surface area (Å²) in [5.74, 6) is -0.467. The third-order valence-electron chi connectivity index (χ3n) is 4.33. The molecule has 0 radical (unpaired) electrons. The summed E-state index contributed by atoms with van der Waals surface area (Å²) in [4.78, 5) is 25.1. The number of carbonyl (C=O) groups excluding carboxylic acids is 2. The molecule has 0 N–H and O–H groups in total. The van der Waals surface area contributed by atoms with Gasteiger partial charge in [0.25, 0.3) is 0 Å². The van der Waals surface area contributed by atoms with E-state index in [1.807, 2.05) is 6.07 Å². The first-order valence-corrected chi connectivity index (χ1v) is 7.29. The Hall–Kier alpha value is -2.04. The van der Waals surface area contributed by atoms with Crippen LogP contribution in [-0.2, 0) is 14.3 Å². The number of allylic oxidation sites excluding steroid dienone is 3. The molecule has 4 nitrogen and oxygen atoms in total. The van der Waals surface area contributed by atoms with E-state index < -0.39 is 0 Å². The number of Topliss-reactive ketones (excluding diaryl/α,β-unsaturated/α-hetero) is 2. The summed E-state index contributed by atoms with van der Waals surface area (Å²) in [5, 5.41) is 0. The average Bonchev–Trinajstić information content (AvgIpc) is 2.89. The molecule has 0 amide bonds. The van der Waals surface area contributed by atoms with Crippen LogP contribution in [0.2, 0.25) is 0 Å². The molecule has 0 saturated carbocycles. The van der Waals surface area contributed by atoms with Gasteiger partial charge in [-0.1, -0.05) is 36.4 Å². The quantitative estimate of drug-likeness (QED) is 0.632. The molecule has 2 aliphatic rings. The van der Waals surface area contributed by atoms with Crippen molar-refractivity contribution in [3.05, 3.63) is 59.2 Å². The van der Waals surface area contributed by atoms with Gasteiger partial charge in [-0.3, -0.25) is 9.59 Å². The van der Waals surface area contributed by atoms with Crippen LogP contribution < -0.4 is 0 Å². The van der Waals surface area contributed by atoms with Gasteiger partial charge in [-0.15, -0.1) is 0 Å². The first-order valence-electron chi connectivity index (χ1n) is 7.29. The number of hydrogen-bond donors (Lipinski definition) is 0. The molecular weight excluding hydrogens is 280 g/mol. The van der Waals surface area contributed by atoms with Crippen LogP contribution in [0.25, 0.3) is 0 Å². The maximum atomic E-state index is 12.6. The van der Waals surface area contributed by atoms with Crippen LogP contribution in [0.1, 0.15) is 16.8 Å². The van der Waals surface area contributed by atoms with E-state index in [-0.39, 0.29) is 35.3 Å². The largest absolute Gasteiger partial charge is 0.378 e. The molecule has 2 aliphatic carbocycles. The highest BCUT2D eigenvalue weighted by molar-refractivity contribution is 6.32. The van der Waals surface area contributed by atoms with Crippen LogP contribution >= 0.6 is 0 Å². The minimum atomic E-state index is -0.250. The summed E-state index contributed by atoms with van der Waals surface area (Å²) in [6, 6.07) is 8.88. The molecule has 3 rings (SSSR count). The van der Waals surface area contributed by atoms with E-state index in [0.29, 0.717) is 17.6 Å². The summed E-state index contributed by atoms with van der Waals surface area (Å²) >= 11 is 0. The van der Waals surface area contributed by atoms with E-state index >= 15 is 0 Å². The minimum absolute atomic E-state index is 0.0634. The molecule has 0 fully saturated rings. The lowest BCUT2D eigenvalue weighted by atomic mass is 9.86. The highest BCUT2D eigenvalue weighted by Gasteiger charge is 2.40. The lowest BCUT2D eigenvalue weighted by molar-refractivity contribution is -0.112. The first-order chi connectivity index (χ1) is 10.7. The predicted octanol–water partition coefficient (Wildman–Crippen LogP) is 2.35. The van der Waals surface area contributed by atoms with Gasteiger partial charge in [0.15, 0.2) is 11.6 Å². The van der Waals surface area contributed by atoms with Crippen LogP contribution in [0.4, 0.5) is 0 Å². The molecule has 0 bridgehead atoms. The van der Waals surface area contributed by atoms with Gasteiger partial charge in [0, 0.05) is 31.3 Å². The molecule has 0 saturated heterocycles. The van der Waals surface area contributed by atoms with Gasteiger partial charge in [-0.25, -0.2) is 0 Å². The smallest absolute Gasteiger partial charge is 0.196 e. The summed E-state index contributed by atoms with van der Waals surface area (Å²) in [6.07, 6.45) is 3.88. The monoisotopic (exact) mass is 298 g/mol. The van der Waals surface area contributed by atoms with Crippen LogP contribution in [0.5, 0.6) is 0 Å². The lowest BCUT2D eigenvalue weighted by Gasteiger charge is -2.30. The number of benzene rings is 1. The Morgan fingerprint density at radius 3 is 2.45 bits per heavy atom. The third-order valence-corrected chi connectivity index (χ3v) is 4.33. The van der Waals surface area contributed by atoms with Crippen molar-refractivity contribution in [3.63, 3.8) is 0 Å².